The van der Waals surface area contributed by atoms with E-state index in [9.17, 15) is 0 Å². The van der Waals surface area contributed by atoms with Crippen molar-refractivity contribution < 1.29 is 4.74 Å². The van der Waals surface area contributed by atoms with E-state index in [2.05, 4.69) is 13.5 Å². The van der Waals surface area contributed by atoms with Gasteiger partial charge >= 0.3 is 0 Å². The fourth-order valence-electron chi connectivity index (χ4n) is 2.13. The molecule has 13 heavy (non-hydrogen) atoms. The summed E-state index contributed by atoms with van der Waals surface area (Å²) in [4.78, 5) is 0. The van der Waals surface area contributed by atoms with E-state index in [1.807, 2.05) is 6.26 Å². The third-order valence-corrected chi connectivity index (χ3v) is 2.58. The highest BCUT2D eigenvalue weighted by molar-refractivity contribution is 5.05. The average molecular weight is 180 g/mol. The predicted molar refractivity (Wildman–Crippen MR) is 56.5 cm³/mol. The van der Waals surface area contributed by atoms with Crippen LogP contribution in [0.3, 0.4) is 0 Å². The van der Waals surface area contributed by atoms with Crippen molar-refractivity contribution in [1.29, 1.82) is 0 Å². The lowest BCUT2D eigenvalue weighted by Gasteiger charge is -2.23. The van der Waals surface area contributed by atoms with E-state index in [0.717, 1.165) is 5.92 Å². The smallest absolute Gasteiger partial charge is 0.0816 e. The zero-order chi connectivity index (χ0) is 9.68. The van der Waals surface area contributed by atoms with Gasteiger partial charge in [0.2, 0.25) is 0 Å². The maximum atomic E-state index is 5.05. The Kier molecular flexibility index (Phi) is 4.07. The number of methoxy groups -OCH3 is 1. The Hall–Kier alpha value is -0.720. The molecule has 1 saturated carbocycles. The molecule has 1 unspecified atom stereocenters. The van der Waals surface area contributed by atoms with Gasteiger partial charge < -0.3 is 4.74 Å². The van der Waals surface area contributed by atoms with Gasteiger partial charge in [-0.05, 0) is 50.5 Å². The molecule has 1 aliphatic rings. The van der Waals surface area contributed by atoms with Crippen molar-refractivity contribution >= 4 is 0 Å². The fraction of sp³-hybridized carbons (Fsp3) is 0.667. The number of hydrogen-bond donors (Lipinski definition) is 0. The van der Waals surface area contributed by atoms with E-state index in [-0.39, 0.29) is 0 Å². The highest BCUT2D eigenvalue weighted by Crippen LogP contribution is 2.31. The molecule has 0 aliphatic heterocycles. The van der Waals surface area contributed by atoms with Crippen LogP contribution in [0.1, 0.15) is 39.0 Å². The summed E-state index contributed by atoms with van der Waals surface area (Å²) in [5, 5.41) is 0. The van der Waals surface area contributed by atoms with Crippen molar-refractivity contribution in [2.45, 2.75) is 39.0 Å². The minimum atomic E-state index is 0.813. The molecule has 74 valence electrons. The summed E-state index contributed by atoms with van der Waals surface area (Å²) in [5.74, 6) is 0.813. The molecule has 0 amide bonds. The van der Waals surface area contributed by atoms with E-state index in [4.69, 9.17) is 4.74 Å². The molecule has 0 aromatic rings. The first-order valence-corrected chi connectivity index (χ1v) is 5.07. The van der Waals surface area contributed by atoms with Crippen LogP contribution in [0.25, 0.3) is 0 Å². The molecule has 1 nitrogen and oxygen atoms in total. The van der Waals surface area contributed by atoms with Crippen LogP contribution < -0.4 is 0 Å². The molecule has 0 N–H and O–H groups in total. The van der Waals surface area contributed by atoms with Crippen LogP contribution in [-0.4, -0.2) is 7.11 Å². The Morgan fingerprint density at radius 1 is 1.69 bits per heavy atom. The molecule has 1 rings (SSSR count). The lowest BCUT2D eigenvalue weighted by atomic mass is 9.83. The highest BCUT2D eigenvalue weighted by atomic mass is 16.5. The normalized spacial score (nSPS) is 26.0. The second-order valence-electron chi connectivity index (χ2n) is 4.14. The Morgan fingerprint density at radius 2 is 2.46 bits per heavy atom. The van der Waals surface area contributed by atoms with E-state index in [1.54, 1.807) is 7.11 Å². The summed E-state index contributed by atoms with van der Waals surface area (Å²) < 4.78 is 5.05. The Balaban J connectivity index is 2.42. The zero-order valence-electron chi connectivity index (χ0n) is 8.81. The maximum absolute atomic E-state index is 5.05. The van der Waals surface area contributed by atoms with Gasteiger partial charge in [-0.2, -0.15) is 0 Å². The van der Waals surface area contributed by atoms with Crippen LogP contribution in [0.4, 0.5) is 0 Å². The van der Waals surface area contributed by atoms with Gasteiger partial charge in [-0.1, -0.05) is 5.57 Å². The van der Waals surface area contributed by atoms with Crippen LogP contribution in [0.15, 0.2) is 24.0 Å². The molecule has 1 atom stereocenters. The van der Waals surface area contributed by atoms with Crippen molar-refractivity contribution in [2.75, 3.05) is 7.11 Å². The minimum absolute atomic E-state index is 0.813. The SMILES string of the molecule is C=C(C)CC1CCCC(=COC)C1. The molecule has 0 heterocycles. The van der Waals surface area contributed by atoms with Crippen LogP contribution >= 0.6 is 0 Å². The molecule has 1 fully saturated rings. The van der Waals surface area contributed by atoms with Gasteiger partial charge in [0.05, 0.1) is 13.4 Å². The summed E-state index contributed by atoms with van der Waals surface area (Å²) in [6.45, 7) is 6.09. The monoisotopic (exact) mass is 180 g/mol. The molecule has 0 aromatic heterocycles. The van der Waals surface area contributed by atoms with E-state index in [0.29, 0.717) is 0 Å². The quantitative estimate of drug-likeness (QED) is 0.475. The Bertz CT molecular complexity index is 203. The fourth-order valence-corrected chi connectivity index (χ4v) is 2.13. The van der Waals surface area contributed by atoms with Gasteiger partial charge in [0.25, 0.3) is 0 Å². The maximum Gasteiger partial charge on any atom is 0.0816 e. The number of rotatable bonds is 3. The molecular formula is C12H20O. The van der Waals surface area contributed by atoms with Crippen molar-refractivity contribution in [3.05, 3.63) is 24.0 Å². The highest BCUT2D eigenvalue weighted by Gasteiger charge is 2.16. The van der Waals surface area contributed by atoms with Crippen LogP contribution in [0.2, 0.25) is 0 Å². The van der Waals surface area contributed by atoms with Crippen LogP contribution in [-0.2, 0) is 4.74 Å². The molecule has 1 aliphatic carbocycles. The minimum Gasteiger partial charge on any atom is -0.504 e. The molecule has 0 aromatic carbocycles. The largest absolute Gasteiger partial charge is 0.504 e. The van der Waals surface area contributed by atoms with Crippen molar-refractivity contribution in [2.24, 2.45) is 5.92 Å². The summed E-state index contributed by atoms with van der Waals surface area (Å²) in [6.07, 6.45) is 8.20. The number of allylic oxidation sites excluding steroid dienone is 2. The second-order valence-corrected chi connectivity index (χ2v) is 4.14. The molecule has 0 saturated heterocycles. The Labute approximate surface area is 81.5 Å². The molecule has 1 heteroatoms. The Morgan fingerprint density at radius 3 is 3.08 bits per heavy atom. The topological polar surface area (TPSA) is 9.23 Å². The van der Waals surface area contributed by atoms with Gasteiger partial charge in [-0.25, -0.2) is 0 Å². The first-order valence-electron chi connectivity index (χ1n) is 5.07. The molecule has 0 radical (unpaired) electrons. The van der Waals surface area contributed by atoms with Gasteiger partial charge in [0.1, 0.15) is 0 Å². The first-order chi connectivity index (χ1) is 6.22. The third-order valence-electron chi connectivity index (χ3n) is 2.58. The first kappa shape index (κ1) is 10.4. The van der Waals surface area contributed by atoms with Crippen molar-refractivity contribution in [1.82, 2.24) is 0 Å². The average Bonchev–Trinajstić information content (AvgIpc) is 2.04. The van der Waals surface area contributed by atoms with Gasteiger partial charge in [0.15, 0.2) is 0 Å². The van der Waals surface area contributed by atoms with Gasteiger partial charge in [-0.15, -0.1) is 6.58 Å². The van der Waals surface area contributed by atoms with Crippen molar-refractivity contribution in [3.8, 4) is 0 Å². The third kappa shape index (κ3) is 3.67. The standard InChI is InChI=1S/C12H20O/c1-10(2)7-11-5-4-6-12(8-11)9-13-3/h9,11H,1,4-8H2,2-3H3. The van der Waals surface area contributed by atoms with Crippen LogP contribution in [0.5, 0.6) is 0 Å². The molecule has 0 bridgehead atoms. The predicted octanol–water partition coefficient (Wildman–Crippen LogP) is 3.67. The van der Waals surface area contributed by atoms with Gasteiger partial charge in [0, 0.05) is 0 Å². The van der Waals surface area contributed by atoms with E-state index < -0.39 is 0 Å². The summed E-state index contributed by atoms with van der Waals surface area (Å²) in [7, 11) is 1.73. The zero-order valence-corrected chi connectivity index (χ0v) is 8.81. The van der Waals surface area contributed by atoms with Crippen molar-refractivity contribution in [3.63, 3.8) is 0 Å². The van der Waals surface area contributed by atoms with E-state index >= 15 is 0 Å². The summed E-state index contributed by atoms with van der Waals surface area (Å²) >= 11 is 0. The number of ether oxygens (including phenoxy) is 1. The molecule has 0 spiro atoms. The lowest BCUT2D eigenvalue weighted by molar-refractivity contribution is 0.319. The molecular weight excluding hydrogens is 160 g/mol. The number of hydrogen-bond acceptors (Lipinski definition) is 1. The van der Waals surface area contributed by atoms with E-state index in [1.165, 1.54) is 43.3 Å². The lowest BCUT2D eigenvalue weighted by Crippen LogP contribution is -2.08. The second kappa shape index (κ2) is 5.11. The van der Waals surface area contributed by atoms with Gasteiger partial charge in [-0.3, -0.25) is 0 Å². The summed E-state index contributed by atoms with van der Waals surface area (Å²) in [6, 6.07) is 0. The summed E-state index contributed by atoms with van der Waals surface area (Å²) in [5.41, 5.74) is 2.78. The van der Waals surface area contributed by atoms with Crippen LogP contribution in [0, 0.1) is 5.92 Å².